The van der Waals surface area contributed by atoms with E-state index in [0.717, 1.165) is 19.5 Å². The molecule has 0 spiro atoms. The standard InChI is InChI=1S/C8H11N3O/c1-5-10-7(12-11-5)8-2-6(8)3-9-4-8/h6,9H,2-4H2,1H3/t6-,8-/m0/s1/i1D3. The summed E-state index contributed by atoms with van der Waals surface area (Å²) in [6, 6.07) is 0. The number of hydrogen-bond acceptors (Lipinski definition) is 4. The van der Waals surface area contributed by atoms with Crippen molar-refractivity contribution in [2.75, 3.05) is 13.1 Å². The zero-order valence-corrected chi connectivity index (χ0v) is 6.50. The van der Waals surface area contributed by atoms with E-state index in [4.69, 9.17) is 8.64 Å². The predicted molar refractivity (Wildman–Crippen MR) is 41.7 cm³/mol. The average molecular weight is 168 g/mol. The van der Waals surface area contributed by atoms with Gasteiger partial charge in [-0.3, -0.25) is 0 Å². The number of aryl methyl sites for hydroxylation is 1. The van der Waals surface area contributed by atoms with Crippen molar-refractivity contribution < 1.29 is 8.64 Å². The van der Waals surface area contributed by atoms with Crippen LogP contribution in [0, 0.1) is 12.8 Å². The van der Waals surface area contributed by atoms with E-state index >= 15 is 0 Å². The van der Waals surface area contributed by atoms with Gasteiger partial charge in [0.15, 0.2) is 5.82 Å². The number of hydrogen-bond donors (Lipinski definition) is 1. The van der Waals surface area contributed by atoms with E-state index in [1.165, 1.54) is 0 Å². The minimum absolute atomic E-state index is 0.0590. The Balaban J connectivity index is 1.92. The fraction of sp³-hybridized carbons (Fsp3) is 0.750. The van der Waals surface area contributed by atoms with Crippen LogP contribution in [-0.4, -0.2) is 23.2 Å². The second-order valence-electron chi connectivity index (χ2n) is 3.61. The van der Waals surface area contributed by atoms with Crippen molar-refractivity contribution in [3.8, 4) is 0 Å². The molecule has 2 heterocycles. The highest BCUT2D eigenvalue weighted by Gasteiger charge is 2.62. The van der Waals surface area contributed by atoms with E-state index in [-0.39, 0.29) is 11.2 Å². The zero-order valence-electron chi connectivity index (χ0n) is 9.50. The lowest BCUT2D eigenvalue weighted by Gasteiger charge is -2.02. The molecule has 2 aliphatic rings. The summed E-state index contributed by atoms with van der Waals surface area (Å²) in [4.78, 5) is 4.00. The third-order valence-electron chi connectivity index (χ3n) is 2.92. The van der Waals surface area contributed by atoms with Gasteiger partial charge in [-0.05, 0) is 25.7 Å². The smallest absolute Gasteiger partial charge is 0.234 e. The van der Waals surface area contributed by atoms with Crippen LogP contribution in [0.1, 0.15) is 22.2 Å². The summed E-state index contributed by atoms with van der Waals surface area (Å²) in [5.41, 5.74) is -0.0590. The first-order valence-corrected chi connectivity index (χ1v) is 4.08. The fourth-order valence-electron chi connectivity index (χ4n) is 2.10. The molecule has 2 atom stereocenters. The minimum atomic E-state index is -2.27. The van der Waals surface area contributed by atoms with Crippen LogP contribution in [0.15, 0.2) is 4.52 Å². The molecule has 2 fully saturated rings. The molecule has 3 rings (SSSR count). The molecule has 0 aromatic carbocycles. The van der Waals surface area contributed by atoms with Crippen LogP contribution in [0.3, 0.4) is 0 Å². The van der Waals surface area contributed by atoms with Crippen molar-refractivity contribution in [1.82, 2.24) is 15.5 Å². The van der Waals surface area contributed by atoms with E-state index < -0.39 is 6.85 Å². The van der Waals surface area contributed by atoms with Gasteiger partial charge in [0.1, 0.15) is 0 Å². The third kappa shape index (κ3) is 0.659. The Kier molecular flexibility index (Phi) is 0.684. The Morgan fingerprint density at radius 1 is 1.83 bits per heavy atom. The van der Waals surface area contributed by atoms with E-state index in [0.29, 0.717) is 11.8 Å². The van der Waals surface area contributed by atoms with Crippen LogP contribution in [0.25, 0.3) is 0 Å². The molecular formula is C8H11N3O. The molecule has 1 aliphatic carbocycles. The van der Waals surface area contributed by atoms with Crippen molar-refractivity contribution in [3.63, 3.8) is 0 Å². The van der Waals surface area contributed by atoms with Gasteiger partial charge in [0, 0.05) is 10.7 Å². The molecule has 0 amide bonds. The van der Waals surface area contributed by atoms with Gasteiger partial charge in [0.2, 0.25) is 5.89 Å². The van der Waals surface area contributed by atoms with E-state index in [1.54, 1.807) is 0 Å². The van der Waals surface area contributed by atoms with Crippen LogP contribution in [0.5, 0.6) is 0 Å². The lowest BCUT2D eigenvalue weighted by molar-refractivity contribution is 0.343. The third-order valence-corrected chi connectivity index (χ3v) is 2.92. The number of rotatable bonds is 1. The van der Waals surface area contributed by atoms with Gasteiger partial charge in [-0.1, -0.05) is 5.16 Å². The molecule has 12 heavy (non-hydrogen) atoms. The van der Waals surface area contributed by atoms with E-state index in [1.807, 2.05) is 0 Å². The summed E-state index contributed by atoms with van der Waals surface area (Å²) in [6.07, 6.45) is 1.03. The van der Waals surface area contributed by atoms with E-state index in [9.17, 15) is 0 Å². The number of aromatic nitrogens is 2. The van der Waals surface area contributed by atoms with Crippen LogP contribution in [0.2, 0.25) is 0 Å². The molecule has 64 valence electrons. The zero-order chi connectivity index (χ0) is 10.7. The van der Waals surface area contributed by atoms with Gasteiger partial charge < -0.3 is 9.84 Å². The second-order valence-corrected chi connectivity index (χ2v) is 3.61. The van der Waals surface area contributed by atoms with Crippen LogP contribution in [-0.2, 0) is 5.41 Å². The number of nitrogens with zero attached hydrogens (tertiary/aromatic N) is 2. The Morgan fingerprint density at radius 3 is 3.42 bits per heavy atom. The summed E-state index contributed by atoms with van der Waals surface area (Å²) in [5, 5.41) is 6.77. The van der Waals surface area contributed by atoms with Gasteiger partial charge >= 0.3 is 0 Å². The van der Waals surface area contributed by atoms with Crippen LogP contribution in [0.4, 0.5) is 0 Å². The first-order valence-electron chi connectivity index (χ1n) is 5.58. The van der Waals surface area contributed by atoms with Crippen molar-refractivity contribution in [2.24, 2.45) is 5.92 Å². The van der Waals surface area contributed by atoms with Crippen LogP contribution >= 0.6 is 0 Å². The highest BCUT2D eigenvalue weighted by molar-refractivity contribution is 5.25. The Bertz CT molecular complexity index is 402. The summed E-state index contributed by atoms with van der Waals surface area (Å²) in [5.74, 6) is 0.857. The SMILES string of the molecule is [2H]C([2H])([2H])c1noc([C@@]23CNC[C@@H]2C3)n1. The lowest BCUT2D eigenvalue weighted by Crippen LogP contribution is -2.19. The predicted octanol–water partition coefficient (Wildman–Crippen LogP) is 0.239. The summed E-state index contributed by atoms with van der Waals surface area (Å²) in [7, 11) is 0. The molecule has 4 heteroatoms. The fourth-order valence-corrected chi connectivity index (χ4v) is 2.10. The largest absolute Gasteiger partial charge is 0.339 e. The summed E-state index contributed by atoms with van der Waals surface area (Å²) < 4.78 is 26.6. The normalized spacial score (nSPS) is 43.0. The topological polar surface area (TPSA) is 51.0 Å². The molecular weight excluding hydrogens is 154 g/mol. The number of nitrogens with one attached hydrogen (secondary N) is 1. The molecule has 1 saturated carbocycles. The first-order chi connectivity index (χ1) is 7.02. The van der Waals surface area contributed by atoms with Gasteiger partial charge in [0.05, 0.1) is 5.41 Å². The number of piperidine rings is 1. The Morgan fingerprint density at radius 2 is 2.83 bits per heavy atom. The van der Waals surface area contributed by atoms with Gasteiger partial charge in [-0.25, -0.2) is 0 Å². The molecule has 1 N–H and O–H groups in total. The molecule has 1 aromatic rings. The quantitative estimate of drug-likeness (QED) is 0.652. The summed E-state index contributed by atoms with van der Waals surface area (Å²) >= 11 is 0. The van der Waals surface area contributed by atoms with Gasteiger partial charge in [0.25, 0.3) is 0 Å². The molecule has 4 nitrogen and oxygen atoms in total. The Hall–Kier alpha value is -0.900. The molecule has 0 bridgehead atoms. The highest BCUT2D eigenvalue weighted by atomic mass is 16.5. The van der Waals surface area contributed by atoms with Gasteiger partial charge in [-0.15, -0.1) is 0 Å². The average Bonchev–Trinajstić information content (AvgIpc) is 2.63. The molecule has 0 unspecified atom stereocenters. The summed E-state index contributed by atoms with van der Waals surface area (Å²) in [6.45, 7) is -0.486. The number of fused-ring (bicyclic) bond motifs is 1. The highest BCUT2D eigenvalue weighted by Crippen LogP contribution is 2.55. The van der Waals surface area contributed by atoms with Crippen LogP contribution < -0.4 is 5.32 Å². The van der Waals surface area contributed by atoms with Crippen molar-refractivity contribution in [2.45, 2.75) is 18.7 Å². The molecule has 1 aliphatic heterocycles. The Labute approximate surface area is 74.6 Å². The van der Waals surface area contributed by atoms with Gasteiger partial charge in [-0.2, -0.15) is 4.98 Å². The molecule has 1 aromatic heterocycles. The maximum Gasteiger partial charge on any atom is 0.234 e. The monoisotopic (exact) mass is 168 g/mol. The van der Waals surface area contributed by atoms with Crippen molar-refractivity contribution >= 4 is 0 Å². The maximum atomic E-state index is 7.17. The minimum Gasteiger partial charge on any atom is -0.339 e. The van der Waals surface area contributed by atoms with Crippen molar-refractivity contribution in [1.29, 1.82) is 0 Å². The maximum absolute atomic E-state index is 7.17. The molecule has 1 saturated heterocycles. The lowest BCUT2D eigenvalue weighted by atomic mass is 10.1. The second kappa shape index (κ2) is 1.88. The molecule has 0 radical (unpaired) electrons. The first kappa shape index (κ1) is 4.37. The van der Waals surface area contributed by atoms with E-state index in [2.05, 4.69) is 15.5 Å². The van der Waals surface area contributed by atoms with Crippen molar-refractivity contribution in [3.05, 3.63) is 11.7 Å².